The molecule has 1 amide bonds. The molecule has 0 spiro atoms. The van der Waals surface area contributed by atoms with Crippen molar-refractivity contribution in [2.75, 3.05) is 5.32 Å². The summed E-state index contributed by atoms with van der Waals surface area (Å²) < 4.78 is 5.76. The van der Waals surface area contributed by atoms with Gasteiger partial charge in [0.05, 0.1) is 4.92 Å². The SMILES string of the molecule is O=C(Nc1ccc2oc(Cc3ccccc3)nc2c1)c1cccc([N+](=O)[O-])c1. The van der Waals surface area contributed by atoms with Gasteiger partial charge in [0.15, 0.2) is 11.5 Å². The monoisotopic (exact) mass is 373 g/mol. The normalized spacial score (nSPS) is 10.7. The first-order valence-corrected chi connectivity index (χ1v) is 8.58. The smallest absolute Gasteiger partial charge is 0.270 e. The second kappa shape index (κ2) is 7.32. The van der Waals surface area contributed by atoms with Crippen LogP contribution < -0.4 is 5.32 Å². The van der Waals surface area contributed by atoms with Gasteiger partial charge in [-0.05, 0) is 29.8 Å². The number of rotatable bonds is 5. The number of nitro groups is 1. The van der Waals surface area contributed by atoms with Gasteiger partial charge in [-0.15, -0.1) is 0 Å². The fraction of sp³-hybridized carbons (Fsp3) is 0.0476. The van der Waals surface area contributed by atoms with E-state index in [0.717, 1.165) is 5.56 Å². The fourth-order valence-corrected chi connectivity index (χ4v) is 2.86. The van der Waals surface area contributed by atoms with Gasteiger partial charge >= 0.3 is 0 Å². The largest absolute Gasteiger partial charge is 0.440 e. The first-order chi connectivity index (χ1) is 13.6. The topological polar surface area (TPSA) is 98.3 Å². The lowest BCUT2D eigenvalue weighted by Gasteiger charge is -2.04. The highest BCUT2D eigenvalue weighted by atomic mass is 16.6. The van der Waals surface area contributed by atoms with Gasteiger partial charge in [-0.25, -0.2) is 4.98 Å². The van der Waals surface area contributed by atoms with Crippen molar-refractivity contribution in [1.82, 2.24) is 4.98 Å². The Morgan fingerprint density at radius 3 is 2.64 bits per heavy atom. The number of hydrogen-bond acceptors (Lipinski definition) is 5. The lowest BCUT2D eigenvalue weighted by Crippen LogP contribution is -2.12. The third kappa shape index (κ3) is 3.73. The van der Waals surface area contributed by atoms with Crippen LogP contribution in [0.15, 0.2) is 77.2 Å². The Kier molecular flexibility index (Phi) is 4.55. The van der Waals surface area contributed by atoms with E-state index in [2.05, 4.69) is 10.3 Å². The Bertz CT molecular complexity index is 1170. The summed E-state index contributed by atoms with van der Waals surface area (Å²) in [5.41, 5.74) is 2.95. The average molecular weight is 373 g/mol. The third-order valence-electron chi connectivity index (χ3n) is 4.21. The molecule has 0 aliphatic rings. The second-order valence-electron chi connectivity index (χ2n) is 6.21. The quantitative estimate of drug-likeness (QED) is 0.408. The molecule has 138 valence electrons. The molecule has 0 aliphatic carbocycles. The van der Waals surface area contributed by atoms with E-state index in [1.54, 1.807) is 18.2 Å². The summed E-state index contributed by atoms with van der Waals surface area (Å²) in [6.45, 7) is 0. The van der Waals surface area contributed by atoms with E-state index >= 15 is 0 Å². The number of carbonyl (C=O) groups excluding carboxylic acids is 1. The summed E-state index contributed by atoms with van der Waals surface area (Å²) in [5.74, 6) is 0.152. The standard InChI is InChI=1S/C21H15N3O4/c25-21(15-7-4-8-17(12-15)24(26)27)22-16-9-10-19-18(13-16)23-20(28-19)11-14-5-2-1-3-6-14/h1-10,12-13H,11H2,(H,22,25). The van der Waals surface area contributed by atoms with Gasteiger partial charge < -0.3 is 9.73 Å². The summed E-state index contributed by atoms with van der Waals surface area (Å²) in [6.07, 6.45) is 0.574. The minimum Gasteiger partial charge on any atom is -0.440 e. The zero-order chi connectivity index (χ0) is 19.5. The van der Waals surface area contributed by atoms with Crippen LogP contribution in [-0.4, -0.2) is 15.8 Å². The Balaban J connectivity index is 1.54. The second-order valence-corrected chi connectivity index (χ2v) is 6.21. The third-order valence-corrected chi connectivity index (χ3v) is 4.21. The minimum absolute atomic E-state index is 0.134. The van der Waals surface area contributed by atoms with Gasteiger partial charge in [0, 0.05) is 29.8 Å². The molecule has 7 heteroatoms. The molecule has 0 bridgehead atoms. The number of hydrogen-bond donors (Lipinski definition) is 1. The van der Waals surface area contributed by atoms with Crippen LogP contribution in [-0.2, 0) is 6.42 Å². The molecule has 4 aromatic rings. The number of nitrogens with zero attached hydrogens (tertiary/aromatic N) is 2. The number of fused-ring (bicyclic) bond motifs is 1. The predicted octanol–water partition coefficient (Wildman–Crippen LogP) is 4.58. The minimum atomic E-state index is -0.535. The number of benzene rings is 3. The highest BCUT2D eigenvalue weighted by Gasteiger charge is 2.13. The lowest BCUT2D eigenvalue weighted by atomic mass is 10.1. The molecular formula is C21H15N3O4. The Morgan fingerprint density at radius 1 is 1.04 bits per heavy atom. The number of nitrogens with one attached hydrogen (secondary N) is 1. The van der Waals surface area contributed by atoms with Crippen LogP contribution in [0.2, 0.25) is 0 Å². The molecule has 0 atom stereocenters. The van der Waals surface area contributed by atoms with Gasteiger partial charge in [0.1, 0.15) is 5.52 Å². The summed E-state index contributed by atoms with van der Waals surface area (Å²) >= 11 is 0. The van der Waals surface area contributed by atoms with Crippen molar-refractivity contribution in [2.24, 2.45) is 0 Å². The number of nitro benzene ring substituents is 1. The molecule has 0 saturated heterocycles. The van der Waals surface area contributed by atoms with Crippen molar-refractivity contribution in [3.63, 3.8) is 0 Å². The summed E-state index contributed by atoms with van der Waals surface area (Å²) in [5, 5.41) is 13.6. The number of anilines is 1. The van der Waals surface area contributed by atoms with Crippen molar-refractivity contribution in [3.8, 4) is 0 Å². The molecule has 1 aromatic heterocycles. The van der Waals surface area contributed by atoms with Crippen LogP contribution in [0.5, 0.6) is 0 Å². The molecule has 0 saturated carbocycles. The molecule has 1 N–H and O–H groups in total. The summed E-state index contributed by atoms with van der Waals surface area (Å²) in [7, 11) is 0. The highest BCUT2D eigenvalue weighted by molar-refractivity contribution is 6.05. The van der Waals surface area contributed by atoms with Crippen molar-refractivity contribution >= 4 is 28.4 Å². The van der Waals surface area contributed by atoms with E-state index in [1.165, 1.54) is 24.3 Å². The molecular weight excluding hydrogens is 358 g/mol. The molecule has 0 unspecified atom stereocenters. The average Bonchev–Trinajstić information content (AvgIpc) is 3.10. The maximum atomic E-state index is 12.4. The van der Waals surface area contributed by atoms with Crippen LogP contribution in [0, 0.1) is 10.1 Å². The summed E-state index contributed by atoms with van der Waals surface area (Å²) in [4.78, 5) is 27.2. The van der Waals surface area contributed by atoms with Crippen molar-refractivity contribution in [1.29, 1.82) is 0 Å². The Morgan fingerprint density at radius 2 is 1.86 bits per heavy atom. The maximum Gasteiger partial charge on any atom is 0.270 e. The zero-order valence-corrected chi connectivity index (χ0v) is 14.7. The van der Waals surface area contributed by atoms with Crippen molar-refractivity contribution in [3.05, 3.63) is 99.9 Å². The van der Waals surface area contributed by atoms with E-state index in [4.69, 9.17) is 4.42 Å². The van der Waals surface area contributed by atoms with Crippen LogP contribution in [0.25, 0.3) is 11.1 Å². The highest BCUT2D eigenvalue weighted by Crippen LogP contribution is 2.22. The number of oxazole rings is 1. The van der Waals surface area contributed by atoms with Gasteiger partial charge in [0.2, 0.25) is 0 Å². The number of carbonyl (C=O) groups is 1. The first kappa shape index (κ1) is 17.4. The molecule has 1 heterocycles. The van der Waals surface area contributed by atoms with Crippen LogP contribution in [0.4, 0.5) is 11.4 Å². The molecule has 0 aliphatic heterocycles. The maximum absolute atomic E-state index is 12.4. The van der Waals surface area contributed by atoms with Crippen molar-refractivity contribution < 1.29 is 14.1 Å². The van der Waals surface area contributed by atoms with Crippen LogP contribution in [0.1, 0.15) is 21.8 Å². The number of non-ortho nitro benzene ring substituents is 1. The van der Waals surface area contributed by atoms with Gasteiger partial charge in [0.25, 0.3) is 11.6 Å². The van der Waals surface area contributed by atoms with Crippen LogP contribution in [0.3, 0.4) is 0 Å². The van der Waals surface area contributed by atoms with Gasteiger partial charge in [-0.3, -0.25) is 14.9 Å². The molecule has 4 rings (SSSR count). The van der Waals surface area contributed by atoms with E-state index in [1.807, 2.05) is 30.3 Å². The molecule has 0 radical (unpaired) electrons. The molecule has 3 aromatic carbocycles. The van der Waals surface area contributed by atoms with E-state index < -0.39 is 10.8 Å². The van der Waals surface area contributed by atoms with Gasteiger partial charge in [-0.2, -0.15) is 0 Å². The zero-order valence-electron chi connectivity index (χ0n) is 14.7. The molecule has 7 nitrogen and oxygen atoms in total. The number of amides is 1. The van der Waals surface area contributed by atoms with Crippen molar-refractivity contribution in [2.45, 2.75) is 6.42 Å². The Hall–Kier alpha value is -4.00. The predicted molar refractivity (Wildman–Crippen MR) is 104 cm³/mol. The molecule has 0 fully saturated rings. The summed E-state index contributed by atoms with van der Waals surface area (Å²) in [6, 6.07) is 20.6. The number of aromatic nitrogens is 1. The fourth-order valence-electron chi connectivity index (χ4n) is 2.86. The van der Waals surface area contributed by atoms with Gasteiger partial charge in [-0.1, -0.05) is 36.4 Å². The van der Waals surface area contributed by atoms with Crippen LogP contribution >= 0.6 is 0 Å². The first-order valence-electron chi connectivity index (χ1n) is 8.58. The Labute approximate surface area is 159 Å². The van der Waals surface area contributed by atoms with E-state index in [-0.39, 0.29) is 11.3 Å². The van der Waals surface area contributed by atoms with E-state index in [9.17, 15) is 14.9 Å². The lowest BCUT2D eigenvalue weighted by molar-refractivity contribution is -0.384. The molecule has 28 heavy (non-hydrogen) atoms. The van der Waals surface area contributed by atoms with E-state index in [0.29, 0.717) is 29.1 Å².